The lowest BCUT2D eigenvalue weighted by atomic mass is 9.95. The predicted molar refractivity (Wildman–Crippen MR) is 168 cm³/mol. The summed E-state index contributed by atoms with van der Waals surface area (Å²) < 4.78 is 29.0. The van der Waals surface area contributed by atoms with E-state index in [1.54, 1.807) is 36.4 Å². The fraction of sp³-hybridized carbons (Fsp3) is 0.394. The SMILES string of the molecule is CC[C@H](C(=O)NC1CCCCC1)N(Cc1cccc(C)c1)C(=O)CN(c1ccc(C)c(Cl)c1)S(=O)(=O)c1ccccc1. The van der Waals surface area contributed by atoms with Crippen LogP contribution in [0, 0.1) is 13.8 Å². The molecule has 0 heterocycles. The van der Waals surface area contributed by atoms with Crippen molar-refractivity contribution in [1.82, 2.24) is 10.2 Å². The first-order valence-electron chi connectivity index (χ1n) is 14.6. The molecule has 7 nitrogen and oxygen atoms in total. The third kappa shape index (κ3) is 7.72. The summed E-state index contributed by atoms with van der Waals surface area (Å²) >= 11 is 6.41. The molecule has 9 heteroatoms. The molecule has 1 N–H and O–H groups in total. The van der Waals surface area contributed by atoms with Crippen LogP contribution in [0.2, 0.25) is 5.02 Å². The number of benzene rings is 3. The second-order valence-corrected chi connectivity index (χ2v) is 13.3. The number of amides is 2. The zero-order valence-corrected chi connectivity index (χ0v) is 26.1. The Hall–Kier alpha value is -3.36. The molecule has 0 saturated heterocycles. The van der Waals surface area contributed by atoms with Crippen LogP contribution in [0.4, 0.5) is 5.69 Å². The number of carbonyl (C=O) groups is 2. The highest BCUT2D eigenvalue weighted by Gasteiger charge is 2.34. The van der Waals surface area contributed by atoms with E-state index in [1.807, 2.05) is 45.0 Å². The maximum atomic E-state index is 14.2. The minimum atomic E-state index is -4.14. The molecule has 1 fully saturated rings. The molecule has 0 aromatic heterocycles. The smallest absolute Gasteiger partial charge is 0.264 e. The van der Waals surface area contributed by atoms with E-state index >= 15 is 0 Å². The van der Waals surface area contributed by atoms with Gasteiger partial charge in [0.2, 0.25) is 11.8 Å². The summed E-state index contributed by atoms with van der Waals surface area (Å²) in [5, 5.41) is 3.57. The number of rotatable bonds is 11. The fourth-order valence-corrected chi connectivity index (χ4v) is 7.06. The van der Waals surface area contributed by atoms with Crippen LogP contribution in [0.1, 0.15) is 62.1 Å². The molecule has 224 valence electrons. The van der Waals surface area contributed by atoms with Crippen molar-refractivity contribution in [3.63, 3.8) is 0 Å². The van der Waals surface area contributed by atoms with E-state index in [0.717, 1.165) is 53.1 Å². The van der Waals surface area contributed by atoms with Crippen LogP contribution in [0.15, 0.2) is 77.7 Å². The van der Waals surface area contributed by atoms with E-state index < -0.39 is 28.5 Å². The average molecular weight is 610 g/mol. The minimum absolute atomic E-state index is 0.0572. The van der Waals surface area contributed by atoms with Crippen molar-refractivity contribution < 1.29 is 18.0 Å². The molecule has 2 amide bonds. The monoisotopic (exact) mass is 609 g/mol. The maximum Gasteiger partial charge on any atom is 0.264 e. The van der Waals surface area contributed by atoms with Crippen molar-refractivity contribution in [2.45, 2.75) is 82.8 Å². The topological polar surface area (TPSA) is 86.8 Å². The molecule has 0 radical (unpaired) electrons. The maximum absolute atomic E-state index is 14.2. The summed E-state index contributed by atoms with van der Waals surface area (Å²) in [5.74, 6) is -0.681. The molecule has 3 aromatic carbocycles. The summed E-state index contributed by atoms with van der Waals surface area (Å²) in [7, 11) is -4.14. The van der Waals surface area contributed by atoms with Gasteiger partial charge in [-0.3, -0.25) is 13.9 Å². The van der Waals surface area contributed by atoms with E-state index in [-0.39, 0.29) is 29.1 Å². The predicted octanol–water partition coefficient (Wildman–Crippen LogP) is 6.41. The van der Waals surface area contributed by atoms with Crippen LogP contribution >= 0.6 is 11.6 Å². The third-order valence-corrected chi connectivity index (χ3v) is 10.0. The van der Waals surface area contributed by atoms with Crippen LogP contribution in [0.3, 0.4) is 0 Å². The van der Waals surface area contributed by atoms with E-state index in [4.69, 9.17) is 11.6 Å². The molecular weight excluding hydrogens is 570 g/mol. The number of sulfonamides is 1. The Morgan fingerprint density at radius 3 is 2.31 bits per heavy atom. The Bertz CT molecular complexity index is 1490. The molecule has 3 aromatic rings. The quantitative estimate of drug-likeness (QED) is 0.272. The first-order valence-corrected chi connectivity index (χ1v) is 16.4. The minimum Gasteiger partial charge on any atom is -0.352 e. The number of carbonyl (C=O) groups excluding carboxylic acids is 2. The van der Waals surface area contributed by atoms with Crippen LogP contribution < -0.4 is 9.62 Å². The average Bonchev–Trinajstić information content (AvgIpc) is 2.98. The number of aryl methyl sites for hydroxylation is 2. The number of hydrogen-bond acceptors (Lipinski definition) is 4. The lowest BCUT2D eigenvalue weighted by molar-refractivity contribution is -0.140. The summed E-state index contributed by atoms with van der Waals surface area (Å²) in [6.45, 7) is 5.35. The molecule has 0 bridgehead atoms. The lowest BCUT2D eigenvalue weighted by Gasteiger charge is -2.34. The summed E-state index contributed by atoms with van der Waals surface area (Å²) in [6.07, 6.45) is 5.53. The Balaban J connectivity index is 1.71. The second-order valence-electron chi connectivity index (χ2n) is 11.0. The van der Waals surface area contributed by atoms with E-state index in [9.17, 15) is 18.0 Å². The first-order chi connectivity index (χ1) is 20.1. The second kappa shape index (κ2) is 14.2. The number of hydrogen-bond donors (Lipinski definition) is 1. The zero-order valence-electron chi connectivity index (χ0n) is 24.6. The van der Waals surface area contributed by atoms with Gasteiger partial charge in [-0.05, 0) is 68.5 Å². The van der Waals surface area contributed by atoms with Gasteiger partial charge in [0.1, 0.15) is 12.6 Å². The molecule has 0 aliphatic heterocycles. The standard InChI is InChI=1S/C33H40ClN3O4S/c1-4-31(33(39)35-27-14-7-5-8-15-27)36(22-26-13-11-12-24(2)20-26)32(38)23-37(28-19-18-25(3)30(34)21-28)42(40,41)29-16-9-6-10-17-29/h6,9-13,16-21,27,31H,4-5,7-8,14-15,22-23H2,1-3H3,(H,35,39)/t31-/m1/s1. The lowest BCUT2D eigenvalue weighted by Crippen LogP contribution is -2.54. The van der Waals surface area contributed by atoms with Crippen molar-refractivity contribution in [3.05, 3.63) is 94.5 Å². The number of anilines is 1. The van der Waals surface area contributed by atoms with Crippen molar-refractivity contribution in [2.75, 3.05) is 10.8 Å². The highest BCUT2D eigenvalue weighted by atomic mass is 35.5. The van der Waals surface area contributed by atoms with Gasteiger partial charge in [0.05, 0.1) is 10.6 Å². The van der Waals surface area contributed by atoms with Gasteiger partial charge in [0, 0.05) is 17.6 Å². The van der Waals surface area contributed by atoms with E-state index in [2.05, 4.69) is 5.32 Å². The van der Waals surface area contributed by atoms with Gasteiger partial charge >= 0.3 is 0 Å². The zero-order chi connectivity index (χ0) is 30.3. The normalized spacial score (nSPS) is 14.7. The molecule has 0 unspecified atom stereocenters. The Morgan fingerprint density at radius 2 is 1.67 bits per heavy atom. The van der Waals surface area contributed by atoms with Crippen LogP contribution in [-0.4, -0.2) is 43.8 Å². The van der Waals surface area contributed by atoms with Gasteiger partial charge in [-0.25, -0.2) is 8.42 Å². The molecule has 1 atom stereocenters. The molecule has 42 heavy (non-hydrogen) atoms. The Morgan fingerprint density at radius 1 is 0.952 bits per heavy atom. The van der Waals surface area contributed by atoms with Crippen molar-refractivity contribution in [2.24, 2.45) is 0 Å². The Kier molecular flexibility index (Phi) is 10.7. The molecule has 1 aliphatic rings. The van der Waals surface area contributed by atoms with Crippen LogP contribution in [0.25, 0.3) is 0 Å². The summed E-state index contributed by atoms with van der Waals surface area (Å²) in [5.41, 5.74) is 2.96. The van der Waals surface area contributed by atoms with Crippen molar-refractivity contribution in [3.8, 4) is 0 Å². The summed E-state index contributed by atoms with van der Waals surface area (Å²) in [6, 6.07) is 20.0. The number of nitrogens with zero attached hydrogens (tertiary/aromatic N) is 2. The molecule has 1 saturated carbocycles. The van der Waals surface area contributed by atoms with Gasteiger partial charge < -0.3 is 10.2 Å². The molecule has 0 spiro atoms. The molecule has 1 aliphatic carbocycles. The van der Waals surface area contributed by atoms with Crippen molar-refractivity contribution >= 4 is 39.1 Å². The Labute approximate surface area is 254 Å². The van der Waals surface area contributed by atoms with Gasteiger partial charge in [-0.1, -0.05) is 91.9 Å². The highest BCUT2D eigenvalue weighted by molar-refractivity contribution is 7.92. The van der Waals surface area contributed by atoms with Gasteiger partial charge in [0.25, 0.3) is 10.0 Å². The van der Waals surface area contributed by atoms with E-state index in [0.29, 0.717) is 11.4 Å². The largest absolute Gasteiger partial charge is 0.352 e. The number of halogens is 1. The fourth-order valence-electron chi connectivity index (χ4n) is 5.46. The van der Waals surface area contributed by atoms with E-state index in [1.165, 1.54) is 17.0 Å². The first kappa shape index (κ1) is 31.6. The van der Waals surface area contributed by atoms with Crippen LogP contribution in [-0.2, 0) is 26.2 Å². The molecule has 4 rings (SSSR count). The highest BCUT2D eigenvalue weighted by Crippen LogP contribution is 2.29. The van der Waals surface area contributed by atoms with Crippen LogP contribution in [0.5, 0.6) is 0 Å². The summed E-state index contributed by atoms with van der Waals surface area (Å²) in [4.78, 5) is 29.5. The van der Waals surface area contributed by atoms with Gasteiger partial charge in [-0.2, -0.15) is 0 Å². The van der Waals surface area contributed by atoms with Gasteiger partial charge in [0.15, 0.2) is 0 Å². The third-order valence-electron chi connectivity index (χ3n) is 7.83. The molecular formula is C33H40ClN3O4S. The van der Waals surface area contributed by atoms with Crippen molar-refractivity contribution in [1.29, 1.82) is 0 Å². The number of nitrogens with one attached hydrogen (secondary N) is 1. The van der Waals surface area contributed by atoms with Gasteiger partial charge in [-0.15, -0.1) is 0 Å².